The number of aromatic nitrogens is 1. The van der Waals surface area contributed by atoms with Crippen molar-refractivity contribution in [2.75, 3.05) is 5.73 Å². The fourth-order valence-electron chi connectivity index (χ4n) is 2.06. The summed E-state index contributed by atoms with van der Waals surface area (Å²) in [6.45, 7) is 0. The molecule has 0 aliphatic heterocycles. The number of hydrogen-bond donors (Lipinski definition) is 1. The second-order valence-electron chi connectivity index (χ2n) is 4.41. The van der Waals surface area contributed by atoms with Crippen molar-refractivity contribution in [2.45, 2.75) is 0 Å². The first kappa shape index (κ1) is 13.8. The maximum absolute atomic E-state index is 13.4. The Morgan fingerprint density at radius 3 is 2.52 bits per heavy atom. The topological polar surface area (TPSA) is 52.0 Å². The van der Waals surface area contributed by atoms with E-state index in [1.165, 1.54) is 6.07 Å². The molecule has 1 aromatic heterocycles. The molecule has 0 aliphatic rings. The third-order valence-corrected chi connectivity index (χ3v) is 3.51. The van der Waals surface area contributed by atoms with E-state index in [0.29, 0.717) is 16.9 Å². The molecule has 3 aromatic rings. The molecular weight excluding hydrogens is 342 g/mol. The van der Waals surface area contributed by atoms with E-state index in [-0.39, 0.29) is 5.82 Å². The summed E-state index contributed by atoms with van der Waals surface area (Å²) in [5.74, 6) is -1.39. The van der Waals surface area contributed by atoms with E-state index in [9.17, 15) is 8.78 Å². The van der Waals surface area contributed by atoms with E-state index in [4.69, 9.17) is 10.3 Å². The summed E-state index contributed by atoms with van der Waals surface area (Å²) in [6.07, 6.45) is 0. The molecule has 0 unspecified atom stereocenters. The van der Waals surface area contributed by atoms with Gasteiger partial charge in [0.25, 0.3) is 0 Å². The lowest BCUT2D eigenvalue weighted by Gasteiger charge is -2.04. The smallest absolute Gasteiger partial charge is 0.177 e. The van der Waals surface area contributed by atoms with Gasteiger partial charge in [0, 0.05) is 10.0 Å². The van der Waals surface area contributed by atoms with Crippen LogP contribution in [-0.4, -0.2) is 5.16 Å². The van der Waals surface area contributed by atoms with Gasteiger partial charge in [0.15, 0.2) is 23.2 Å². The molecule has 0 fully saturated rings. The monoisotopic (exact) mass is 350 g/mol. The SMILES string of the molecule is Nc1noc(-c2ccc(F)c(F)c2)c1-c1cccc(Br)c1. The van der Waals surface area contributed by atoms with Crippen LogP contribution < -0.4 is 5.73 Å². The van der Waals surface area contributed by atoms with Crippen molar-refractivity contribution >= 4 is 21.7 Å². The zero-order valence-electron chi connectivity index (χ0n) is 10.6. The van der Waals surface area contributed by atoms with Gasteiger partial charge in [0.05, 0.1) is 5.56 Å². The quantitative estimate of drug-likeness (QED) is 0.732. The van der Waals surface area contributed by atoms with E-state index in [0.717, 1.165) is 22.2 Å². The van der Waals surface area contributed by atoms with Crippen LogP contribution in [0.15, 0.2) is 51.5 Å². The molecule has 0 atom stereocenters. The van der Waals surface area contributed by atoms with Crippen LogP contribution in [-0.2, 0) is 0 Å². The molecule has 106 valence electrons. The van der Waals surface area contributed by atoms with Crippen molar-refractivity contribution in [1.29, 1.82) is 0 Å². The first-order chi connectivity index (χ1) is 10.1. The molecule has 0 saturated heterocycles. The van der Waals surface area contributed by atoms with E-state index in [2.05, 4.69) is 21.1 Å². The van der Waals surface area contributed by atoms with Gasteiger partial charge in [-0.15, -0.1) is 0 Å². The summed E-state index contributed by atoms with van der Waals surface area (Å²) in [5, 5.41) is 3.72. The Kier molecular flexibility index (Phi) is 3.47. The van der Waals surface area contributed by atoms with Crippen molar-refractivity contribution in [2.24, 2.45) is 0 Å². The Hall–Kier alpha value is -2.21. The van der Waals surface area contributed by atoms with Gasteiger partial charge in [0.1, 0.15) is 0 Å². The summed E-state index contributed by atoms with van der Waals surface area (Å²) in [5.41, 5.74) is 7.52. The van der Waals surface area contributed by atoms with Gasteiger partial charge in [-0.05, 0) is 35.9 Å². The Morgan fingerprint density at radius 1 is 1.00 bits per heavy atom. The maximum atomic E-state index is 13.4. The first-order valence-corrected chi connectivity index (χ1v) is 6.82. The fourth-order valence-corrected chi connectivity index (χ4v) is 2.46. The highest BCUT2D eigenvalue weighted by Crippen LogP contribution is 2.37. The number of nitrogen functional groups attached to an aromatic ring is 1. The lowest BCUT2D eigenvalue weighted by atomic mass is 10.0. The molecule has 0 aliphatic carbocycles. The Bertz CT molecular complexity index is 817. The zero-order chi connectivity index (χ0) is 15.0. The average molecular weight is 351 g/mol. The number of halogens is 3. The normalized spacial score (nSPS) is 10.8. The van der Waals surface area contributed by atoms with Crippen molar-refractivity contribution in [3.63, 3.8) is 0 Å². The standard InChI is InChI=1S/C15H9BrF2N2O/c16-10-3-1-2-8(6-10)13-14(21-20-15(13)19)9-4-5-11(17)12(18)7-9/h1-7H,(H2,19,20). The largest absolute Gasteiger partial charge is 0.380 e. The molecule has 1 heterocycles. The number of hydrogen-bond acceptors (Lipinski definition) is 3. The van der Waals surface area contributed by atoms with E-state index >= 15 is 0 Å². The Morgan fingerprint density at radius 2 is 1.81 bits per heavy atom. The van der Waals surface area contributed by atoms with E-state index < -0.39 is 11.6 Å². The van der Waals surface area contributed by atoms with Crippen LogP contribution in [0.4, 0.5) is 14.6 Å². The van der Waals surface area contributed by atoms with Crippen LogP contribution in [0.2, 0.25) is 0 Å². The predicted molar refractivity (Wildman–Crippen MR) is 79.4 cm³/mol. The summed E-state index contributed by atoms with van der Waals surface area (Å²) in [7, 11) is 0. The molecule has 2 N–H and O–H groups in total. The Labute approximate surface area is 127 Å². The van der Waals surface area contributed by atoms with Gasteiger partial charge >= 0.3 is 0 Å². The minimum atomic E-state index is -0.956. The summed E-state index contributed by atoms with van der Waals surface area (Å²) in [6, 6.07) is 10.9. The van der Waals surface area contributed by atoms with Crippen LogP contribution >= 0.6 is 15.9 Å². The van der Waals surface area contributed by atoms with Gasteiger partial charge in [-0.3, -0.25) is 0 Å². The van der Waals surface area contributed by atoms with Gasteiger partial charge in [-0.25, -0.2) is 8.78 Å². The molecule has 0 radical (unpaired) electrons. The molecule has 0 saturated carbocycles. The minimum Gasteiger partial charge on any atom is -0.380 e. The second kappa shape index (κ2) is 5.29. The highest BCUT2D eigenvalue weighted by atomic mass is 79.9. The highest BCUT2D eigenvalue weighted by Gasteiger charge is 2.19. The van der Waals surface area contributed by atoms with Crippen molar-refractivity contribution in [1.82, 2.24) is 5.16 Å². The van der Waals surface area contributed by atoms with Gasteiger partial charge in [-0.2, -0.15) is 0 Å². The fraction of sp³-hybridized carbons (Fsp3) is 0. The molecule has 3 nitrogen and oxygen atoms in total. The summed E-state index contributed by atoms with van der Waals surface area (Å²) >= 11 is 3.37. The number of rotatable bonds is 2. The first-order valence-electron chi connectivity index (χ1n) is 6.03. The summed E-state index contributed by atoms with van der Waals surface area (Å²) < 4.78 is 32.5. The molecule has 2 aromatic carbocycles. The molecule has 3 rings (SSSR count). The molecule has 0 amide bonds. The number of nitrogens with two attached hydrogens (primary N) is 1. The molecule has 6 heteroatoms. The van der Waals surface area contributed by atoms with E-state index in [1.807, 2.05) is 24.3 Å². The number of nitrogens with zero attached hydrogens (tertiary/aromatic N) is 1. The lowest BCUT2D eigenvalue weighted by Crippen LogP contribution is -1.90. The lowest BCUT2D eigenvalue weighted by molar-refractivity contribution is 0.435. The second-order valence-corrected chi connectivity index (χ2v) is 5.33. The van der Waals surface area contributed by atoms with Crippen molar-refractivity contribution < 1.29 is 13.3 Å². The molecule has 21 heavy (non-hydrogen) atoms. The number of anilines is 1. The Balaban J connectivity index is 2.19. The van der Waals surface area contributed by atoms with Crippen LogP contribution in [0.25, 0.3) is 22.5 Å². The van der Waals surface area contributed by atoms with Crippen molar-refractivity contribution in [3.8, 4) is 22.5 Å². The molecule has 0 spiro atoms. The van der Waals surface area contributed by atoms with Gasteiger partial charge in [0.2, 0.25) is 0 Å². The van der Waals surface area contributed by atoms with Crippen LogP contribution in [0.3, 0.4) is 0 Å². The van der Waals surface area contributed by atoms with Crippen LogP contribution in [0.1, 0.15) is 0 Å². The average Bonchev–Trinajstić information content (AvgIpc) is 2.84. The third-order valence-electron chi connectivity index (χ3n) is 3.01. The molecule has 0 bridgehead atoms. The van der Waals surface area contributed by atoms with Crippen LogP contribution in [0.5, 0.6) is 0 Å². The van der Waals surface area contributed by atoms with E-state index in [1.54, 1.807) is 0 Å². The maximum Gasteiger partial charge on any atom is 0.177 e. The summed E-state index contributed by atoms with van der Waals surface area (Å²) in [4.78, 5) is 0. The van der Waals surface area contributed by atoms with Gasteiger partial charge < -0.3 is 10.3 Å². The zero-order valence-corrected chi connectivity index (χ0v) is 12.2. The molecular formula is C15H9BrF2N2O. The van der Waals surface area contributed by atoms with Crippen molar-refractivity contribution in [3.05, 3.63) is 58.6 Å². The minimum absolute atomic E-state index is 0.188. The highest BCUT2D eigenvalue weighted by molar-refractivity contribution is 9.10. The van der Waals surface area contributed by atoms with Gasteiger partial charge in [-0.1, -0.05) is 33.2 Å². The predicted octanol–water partition coefficient (Wildman–Crippen LogP) is 4.63. The van der Waals surface area contributed by atoms with Crippen LogP contribution in [0, 0.1) is 11.6 Å². The third kappa shape index (κ3) is 2.54. The number of benzene rings is 2.